The number of hydrogen-bond donors (Lipinski definition) is 3. The quantitative estimate of drug-likeness (QED) is 0.539. The Morgan fingerprint density at radius 2 is 1.72 bits per heavy atom. The summed E-state index contributed by atoms with van der Waals surface area (Å²) in [6.45, 7) is 0. The van der Waals surface area contributed by atoms with Crippen LogP contribution in [0.4, 0.5) is 14.5 Å². The number of carbonyl (C=O) groups excluding carboxylic acids is 1. The van der Waals surface area contributed by atoms with Crippen LogP contribution in [-0.4, -0.2) is 23.2 Å². The number of hydrogen-bond acceptors (Lipinski definition) is 6. The van der Waals surface area contributed by atoms with Crippen molar-refractivity contribution in [3.8, 4) is 23.0 Å². The third kappa shape index (κ3) is 2.05. The van der Waals surface area contributed by atoms with E-state index in [4.69, 9.17) is 9.47 Å². The number of aromatic hydroxyl groups is 2. The van der Waals surface area contributed by atoms with Gasteiger partial charge in [0, 0.05) is 24.7 Å². The van der Waals surface area contributed by atoms with Crippen LogP contribution in [0.3, 0.4) is 0 Å². The fourth-order valence-corrected chi connectivity index (χ4v) is 4.04. The van der Waals surface area contributed by atoms with Gasteiger partial charge >= 0.3 is 5.97 Å². The predicted molar refractivity (Wildman–Crippen MR) is 97.5 cm³/mol. The Labute approximate surface area is 162 Å². The highest BCUT2D eigenvalue weighted by Gasteiger charge is 2.55. The van der Waals surface area contributed by atoms with Crippen molar-refractivity contribution in [2.75, 3.05) is 12.4 Å². The SMILES string of the molecule is CNc1c(F)c(O)cc2c1C1(OC(=O)c3ccccc31)c1cc(F)c(O)cc1O2. The van der Waals surface area contributed by atoms with E-state index in [0.29, 0.717) is 5.56 Å². The average Bonchev–Trinajstić information content (AvgIpc) is 2.99. The molecule has 0 aromatic heterocycles. The molecule has 6 nitrogen and oxygen atoms in total. The molecule has 3 N–H and O–H groups in total. The van der Waals surface area contributed by atoms with E-state index >= 15 is 0 Å². The first-order chi connectivity index (χ1) is 13.9. The molecule has 29 heavy (non-hydrogen) atoms. The highest BCUT2D eigenvalue weighted by Crippen LogP contribution is 2.59. The zero-order valence-electron chi connectivity index (χ0n) is 14.9. The van der Waals surface area contributed by atoms with Crippen LogP contribution in [0.15, 0.2) is 42.5 Å². The number of phenols is 2. The zero-order chi connectivity index (χ0) is 20.5. The van der Waals surface area contributed by atoms with E-state index in [1.807, 2.05) is 0 Å². The lowest BCUT2D eigenvalue weighted by molar-refractivity contribution is 0.0224. The number of ether oxygens (including phenoxy) is 2. The maximum atomic E-state index is 14.8. The van der Waals surface area contributed by atoms with E-state index in [2.05, 4.69) is 5.32 Å². The van der Waals surface area contributed by atoms with Crippen LogP contribution in [0, 0.1) is 11.6 Å². The molecule has 2 heterocycles. The Kier molecular flexibility index (Phi) is 3.34. The van der Waals surface area contributed by atoms with Crippen LogP contribution in [0.25, 0.3) is 0 Å². The molecule has 0 radical (unpaired) electrons. The second-order valence-electron chi connectivity index (χ2n) is 6.73. The first-order valence-corrected chi connectivity index (χ1v) is 8.66. The lowest BCUT2D eigenvalue weighted by Gasteiger charge is -2.38. The summed E-state index contributed by atoms with van der Waals surface area (Å²) in [6, 6.07) is 9.57. The Morgan fingerprint density at radius 1 is 1.00 bits per heavy atom. The van der Waals surface area contributed by atoms with E-state index in [1.165, 1.54) is 7.05 Å². The second-order valence-corrected chi connectivity index (χ2v) is 6.73. The molecule has 3 aromatic rings. The van der Waals surface area contributed by atoms with E-state index in [0.717, 1.165) is 18.2 Å². The largest absolute Gasteiger partial charge is 0.505 e. The van der Waals surface area contributed by atoms with Gasteiger partial charge in [-0.3, -0.25) is 0 Å². The van der Waals surface area contributed by atoms with Crippen molar-refractivity contribution >= 4 is 11.7 Å². The number of rotatable bonds is 1. The lowest BCUT2D eigenvalue weighted by Crippen LogP contribution is -2.34. The number of nitrogens with one attached hydrogen (secondary N) is 1. The summed E-state index contributed by atoms with van der Waals surface area (Å²) in [5, 5.41) is 22.5. The number of benzene rings is 3. The molecule has 146 valence electrons. The van der Waals surface area contributed by atoms with Gasteiger partial charge < -0.3 is 25.0 Å². The van der Waals surface area contributed by atoms with Gasteiger partial charge in [-0.05, 0) is 12.1 Å². The molecule has 8 heteroatoms. The molecule has 0 bridgehead atoms. The average molecular weight is 397 g/mol. The molecule has 2 aliphatic heterocycles. The van der Waals surface area contributed by atoms with Gasteiger partial charge in [0.05, 0.1) is 22.4 Å². The van der Waals surface area contributed by atoms with Gasteiger partial charge in [-0.2, -0.15) is 0 Å². The number of phenolic OH excluding ortho intramolecular Hbond substituents is 2. The fraction of sp³-hybridized carbons (Fsp3) is 0.0952. The van der Waals surface area contributed by atoms with Crippen molar-refractivity contribution < 1.29 is 33.3 Å². The van der Waals surface area contributed by atoms with Crippen molar-refractivity contribution in [2.24, 2.45) is 0 Å². The number of esters is 1. The molecular formula is C21H13F2NO5. The molecule has 0 saturated carbocycles. The van der Waals surface area contributed by atoms with Gasteiger partial charge in [0.1, 0.15) is 11.5 Å². The second kappa shape index (κ2) is 5.60. The topological polar surface area (TPSA) is 88.0 Å². The van der Waals surface area contributed by atoms with E-state index in [1.54, 1.807) is 24.3 Å². The van der Waals surface area contributed by atoms with Crippen molar-refractivity contribution in [3.63, 3.8) is 0 Å². The van der Waals surface area contributed by atoms with Gasteiger partial charge in [-0.15, -0.1) is 0 Å². The summed E-state index contributed by atoms with van der Waals surface area (Å²) >= 11 is 0. The molecule has 0 fully saturated rings. The highest BCUT2D eigenvalue weighted by atomic mass is 19.1. The summed E-state index contributed by atoms with van der Waals surface area (Å²) in [4.78, 5) is 12.7. The molecule has 0 amide bonds. The Balaban J connectivity index is 1.98. The van der Waals surface area contributed by atoms with Crippen molar-refractivity contribution in [1.29, 1.82) is 0 Å². The smallest absolute Gasteiger partial charge is 0.340 e. The Bertz CT molecular complexity index is 1230. The number of halogens is 2. The molecule has 1 spiro atoms. The van der Waals surface area contributed by atoms with E-state index in [-0.39, 0.29) is 33.9 Å². The molecule has 1 atom stereocenters. The minimum Gasteiger partial charge on any atom is -0.505 e. The van der Waals surface area contributed by atoms with Crippen molar-refractivity contribution in [3.05, 3.63) is 76.4 Å². The standard InChI is InChI=1S/C21H13F2NO5/c1-24-19-17-16(8-14(26)18(19)23)28-15-7-13(25)12(22)6-11(15)21(17)10-5-3-2-4-9(10)20(27)29-21/h2-8,24-26H,1H3. The van der Waals surface area contributed by atoms with Crippen LogP contribution in [0.5, 0.6) is 23.0 Å². The zero-order valence-corrected chi connectivity index (χ0v) is 14.9. The van der Waals surface area contributed by atoms with Crippen LogP contribution in [0.1, 0.15) is 27.0 Å². The van der Waals surface area contributed by atoms with Crippen molar-refractivity contribution in [1.82, 2.24) is 0 Å². The third-order valence-corrected chi connectivity index (χ3v) is 5.23. The maximum absolute atomic E-state index is 14.8. The van der Waals surface area contributed by atoms with Crippen LogP contribution in [-0.2, 0) is 10.3 Å². The molecule has 0 saturated heterocycles. The monoisotopic (exact) mass is 397 g/mol. The van der Waals surface area contributed by atoms with Crippen LogP contribution < -0.4 is 10.1 Å². The summed E-state index contributed by atoms with van der Waals surface area (Å²) < 4.78 is 40.7. The molecule has 3 aromatic carbocycles. The van der Waals surface area contributed by atoms with Gasteiger partial charge in [0.2, 0.25) is 0 Å². The molecule has 1 unspecified atom stereocenters. The molecular weight excluding hydrogens is 384 g/mol. The molecule has 0 aliphatic carbocycles. The predicted octanol–water partition coefficient (Wildman–Crippen LogP) is 3.99. The summed E-state index contributed by atoms with van der Waals surface area (Å²) in [5.74, 6) is -3.96. The van der Waals surface area contributed by atoms with Gasteiger partial charge in [-0.25, -0.2) is 13.6 Å². The van der Waals surface area contributed by atoms with E-state index in [9.17, 15) is 23.8 Å². The third-order valence-electron chi connectivity index (χ3n) is 5.23. The number of carbonyl (C=O) groups is 1. The summed E-state index contributed by atoms with van der Waals surface area (Å²) in [7, 11) is 1.43. The summed E-state index contributed by atoms with van der Waals surface area (Å²) in [6.07, 6.45) is 0. The molecule has 2 aliphatic rings. The lowest BCUT2D eigenvalue weighted by atomic mass is 9.76. The van der Waals surface area contributed by atoms with Gasteiger partial charge in [0.25, 0.3) is 0 Å². The first-order valence-electron chi connectivity index (χ1n) is 8.66. The van der Waals surface area contributed by atoms with Crippen LogP contribution in [0.2, 0.25) is 0 Å². The van der Waals surface area contributed by atoms with Crippen molar-refractivity contribution in [2.45, 2.75) is 5.60 Å². The van der Waals surface area contributed by atoms with Gasteiger partial charge in [0.15, 0.2) is 28.7 Å². The maximum Gasteiger partial charge on any atom is 0.340 e. The number of anilines is 1. The summed E-state index contributed by atoms with van der Waals surface area (Å²) in [5.41, 5.74) is -1.15. The highest BCUT2D eigenvalue weighted by molar-refractivity contribution is 5.97. The van der Waals surface area contributed by atoms with E-state index < -0.39 is 34.7 Å². The first kappa shape index (κ1) is 17.3. The molecule has 5 rings (SSSR count). The number of fused-ring (bicyclic) bond motifs is 6. The Morgan fingerprint density at radius 3 is 2.48 bits per heavy atom. The minimum atomic E-state index is -1.74. The van der Waals surface area contributed by atoms with Crippen LogP contribution >= 0.6 is 0 Å². The fourth-order valence-electron chi connectivity index (χ4n) is 4.04. The van der Waals surface area contributed by atoms with Gasteiger partial charge in [-0.1, -0.05) is 18.2 Å². The normalized spacial score (nSPS) is 18.5. The Hall–Kier alpha value is -3.81. The minimum absolute atomic E-state index is 0.00346.